The van der Waals surface area contributed by atoms with E-state index in [4.69, 9.17) is 14.2 Å². The molecule has 0 aromatic heterocycles. The maximum absolute atomic E-state index is 11.5. The van der Waals surface area contributed by atoms with Crippen molar-refractivity contribution in [3.63, 3.8) is 0 Å². The molecule has 8 heteroatoms. The number of halogens is 1. The van der Waals surface area contributed by atoms with Gasteiger partial charge in [0.05, 0.1) is 19.6 Å². The summed E-state index contributed by atoms with van der Waals surface area (Å²) in [4.78, 5) is 15.6. The lowest BCUT2D eigenvalue weighted by Gasteiger charge is -2.17. The first kappa shape index (κ1) is 25.4. The molecule has 0 radical (unpaired) electrons. The summed E-state index contributed by atoms with van der Waals surface area (Å²) in [5.41, 5.74) is 2.18. The largest absolute Gasteiger partial charge is 0.493 e. The third-order valence-electron chi connectivity index (χ3n) is 3.82. The summed E-state index contributed by atoms with van der Waals surface area (Å²) in [6, 6.07) is 6.12. The van der Waals surface area contributed by atoms with Crippen molar-refractivity contribution in [3.05, 3.63) is 29.3 Å². The Morgan fingerprint density at radius 3 is 2.59 bits per heavy atom. The first-order valence-electron chi connectivity index (χ1n) is 8.75. The number of carbonyl (C=O) groups excluding carboxylic acids is 1. The molecule has 1 aromatic rings. The molecular formula is C19H32IN3O4. The monoisotopic (exact) mass is 493 g/mol. The lowest BCUT2D eigenvalue weighted by molar-refractivity contribution is -0.144. The van der Waals surface area contributed by atoms with Gasteiger partial charge in [-0.15, -0.1) is 24.0 Å². The second-order valence-corrected chi connectivity index (χ2v) is 6.04. The molecule has 0 spiro atoms. The van der Waals surface area contributed by atoms with Crippen molar-refractivity contribution >= 4 is 35.9 Å². The lowest BCUT2D eigenvalue weighted by Crippen LogP contribution is -2.40. The van der Waals surface area contributed by atoms with E-state index >= 15 is 0 Å². The van der Waals surface area contributed by atoms with Crippen LogP contribution in [-0.2, 0) is 20.8 Å². The molecule has 1 atom stereocenters. The van der Waals surface area contributed by atoms with Gasteiger partial charge in [-0.1, -0.05) is 19.1 Å². The highest BCUT2D eigenvalue weighted by Crippen LogP contribution is 2.20. The zero-order valence-electron chi connectivity index (χ0n) is 16.8. The summed E-state index contributed by atoms with van der Waals surface area (Å²) in [5, 5.41) is 6.37. The smallest absolute Gasteiger partial charge is 0.310 e. The third-order valence-corrected chi connectivity index (χ3v) is 3.82. The molecule has 1 rings (SSSR count). The highest BCUT2D eigenvalue weighted by atomic mass is 127. The summed E-state index contributed by atoms with van der Waals surface area (Å²) in [5.74, 6) is 0.967. The number of hydrogen-bond acceptors (Lipinski definition) is 5. The van der Waals surface area contributed by atoms with Crippen molar-refractivity contribution in [1.29, 1.82) is 0 Å². The van der Waals surface area contributed by atoms with Gasteiger partial charge in [0.25, 0.3) is 0 Å². The quantitative estimate of drug-likeness (QED) is 0.172. The van der Waals surface area contributed by atoms with E-state index in [1.54, 1.807) is 21.1 Å². The zero-order chi connectivity index (χ0) is 19.4. The number of guanidine groups is 1. The number of hydrogen-bond donors (Lipinski definition) is 2. The summed E-state index contributed by atoms with van der Waals surface area (Å²) < 4.78 is 15.7. The number of aliphatic imine (C=N–C) groups is 1. The van der Waals surface area contributed by atoms with Crippen LogP contribution in [0.3, 0.4) is 0 Å². The molecule has 0 bridgehead atoms. The van der Waals surface area contributed by atoms with Crippen molar-refractivity contribution in [3.8, 4) is 5.75 Å². The first-order valence-corrected chi connectivity index (χ1v) is 8.75. The van der Waals surface area contributed by atoms with Crippen molar-refractivity contribution in [2.45, 2.75) is 26.8 Å². The van der Waals surface area contributed by atoms with Crippen LogP contribution in [0.15, 0.2) is 23.2 Å². The number of aryl methyl sites for hydroxylation is 1. The number of ether oxygens (including phenoxy) is 3. The van der Waals surface area contributed by atoms with Crippen LogP contribution in [-0.4, -0.2) is 53.0 Å². The predicted molar refractivity (Wildman–Crippen MR) is 118 cm³/mol. The molecule has 1 unspecified atom stereocenters. The summed E-state index contributed by atoms with van der Waals surface area (Å²) >= 11 is 0. The van der Waals surface area contributed by atoms with E-state index in [0.717, 1.165) is 23.3 Å². The topological polar surface area (TPSA) is 81.2 Å². The van der Waals surface area contributed by atoms with E-state index in [1.807, 2.05) is 19.1 Å². The molecule has 0 aliphatic carbocycles. The molecule has 7 nitrogen and oxygen atoms in total. The van der Waals surface area contributed by atoms with E-state index in [2.05, 4.69) is 21.7 Å². The second kappa shape index (κ2) is 14.5. The SMILES string of the molecule is CN=C(NCc1ccc(C)cc1OCCCOC)NCC(C)C(=O)OC.I. The van der Waals surface area contributed by atoms with E-state index < -0.39 is 0 Å². The second-order valence-electron chi connectivity index (χ2n) is 6.04. The Kier molecular flexibility index (Phi) is 13.7. The molecule has 27 heavy (non-hydrogen) atoms. The maximum atomic E-state index is 11.5. The molecule has 0 aliphatic heterocycles. The maximum Gasteiger partial charge on any atom is 0.310 e. The van der Waals surface area contributed by atoms with Gasteiger partial charge in [0.2, 0.25) is 0 Å². The Morgan fingerprint density at radius 2 is 1.96 bits per heavy atom. The molecule has 0 heterocycles. The van der Waals surface area contributed by atoms with Crippen molar-refractivity contribution in [2.24, 2.45) is 10.9 Å². The van der Waals surface area contributed by atoms with Gasteiger partial charge in [-0.2, -0.15) is 0 Å². The Balaban J connectivity index is 0.00000676. The fourth-order valence-electron chi connectivity index (χ4n) is 2.26. The van der Waals surface area contributed by atoms with Gasteiger partial charge in [0.15, 0.2) is 5.96 Å². The van der Waals surface area contributed by atoms with Crippen LogP contribution < -0.4 is 15.4 Å². The standard InChI is InChI=1S/C19H31N3O4.HI/c1-14-7-8-16(17(11-14)26-10-6-9-24-4)13-22-19(20-3)21-12-15(2)18(23)25-5;/h7-8,11,15H,6,9-10,12-13H2,1-5H3,(H2,20,21,22);1H. The molecule has 2 N–H and O–H groups in total. The minimum absolute atomic E-state index is 0. The normalized spacial score (nSPS) is 12.0. The summed E-state index contributed by atoms with van der Waals surface area (Å²) in [7, 11) is 4.76. The van der Waals surface area contributed by atoms with Crippen molar-refractivity contribution < 1.29 is 19.0 Å². The fraction of sp³-hybridized carbons (Fsp3) is 0.579. The van der Waals surface area contributed by atoms with Crippen LogP contribution in [0, 0.1) is 12.8 Å². The minimum Gasteiger partial charge on any atom is -0.493 e. The average molecular weight is 493 g/mol. The number of nitrogens with zero attached hydrogens (tertiary/aromatic N) is 1. The molecule has 0 fully saturated rings. The van der Waals surface area contributed by atoms with Gasteiger partial charge in [0, 0.05) is 45.8 Å². The van der Waals surface area contributed by atoms with E-state index in [1.165, 1.54) is 7.11 Å². The van der Waals surface area contributed by atoms with Gasteiger partial charge >= 0.3 is 5.97 Å². The number of methoxy groups -OCH3 is 2. The van der Waals surface area contributed by atoms with Gasteiger partial charge < -0.3 is 24.8 Å². The van der Waals surface area contributed by atoms with Crippen molar-refractivity contribution in [2.75, 3.05) is 41.0 Å². The molecular weight excluding hydrogens is 461 g/mol. The Morgan fingerprint density at radius 1 is 1.22 bits per heavy atom. The number of benzene rings is 1. The Hall–Kier alpha value is -1.55. The van der Waals surface area contributed by atoms with E-state index in [0.29, 0.717) is 32.3 Å². The van der Waals surface area contributed by atoms with E-state index in [9.17, 15) is 4.79 Å². The summed E-state index contributed by atoms with van der Waals surface area (Å²) in [6.45, 7) is 6.13. The van der Waals surface area contributed by atoms with Crippen LogP contribution in [0.1, 0.15) is 24.5 Å². The van der Waals surface area contributed by atoms with Crippen LogP contribution in [0.2, 0.25) is 0 Å². The van der Waals surface area contributed by atoms with Crippen LogP contribution >= 0.6 is 24.0 Å². The van der Waals surface area contributed by atoms with Gasteiger partial charge in [0.1, 0.15) is 5.75 Å². The zero-order valence-corrected chi connectivity index (χ0v) is 19.2. The molecule has 0 amide bonds. The van der Waals surface area contributed by atoms with Crippen LogP contribution in [0.25, 0.3) is 0 Å². The summed E-state index contributed by atoms with van der Waals surface area (Å²) in [6.07, 6.45) is 0.839. The molecule has 1 aromatic carbocycles. The van der Waals surface area contributed by atoms with Gasteiger partial charge in [-0.3, -0.25) is 9.79 Å². The fourth-order valence-corrected chi connectivity index (χ4v) is 2.26. The highest BCUT2D eigenvalue weighted by Gasteiger charge is 2.13. The van der Waals surface area contributed by atoms with Gasteiger partial charge in [-0.05, 0) is 18.6 Å². The number of esters is 1. The molecule has 154 valence electrons. The lowest BCUT2D eigenvalue weighted by atomic mass is 10.1. The Bertz CT molecular complexity index is 596. The average Bonchev–Trinajstić information content (AvgIpc) is 2.65. The number of nitrogens with one attached hydrogen (secondary N) is 2. The minimum atomic E-state index is -0.252. The first-order chi connectivity index (χ1) is 12.5. The third kappa shape index (κ3) is 9.81. The van der Waals surface area contributed by atoms with Crippen LogP contribution in [0.5, 0.6) is 5.75 Å². The molecule has 0 saturated carbocycles. The Labute approximate surface area is 179 Å². The predicted octanol–water partition coefficient (Wildman–Crippen LogP) is 2.50. The van der Waals surface area contributed by atoms with E-state index in [-0.39, 0.29) is 35.9 Å². The highest BCUT2D eigenvalue weighted by molar-refractivity contribution is 14.0. The van der Waals surface area contributed by atoms with Gasteiger partial charge in [-0.25, -0.2) is 0 Å². The van der Waals surface area contributed by atoms with Crippen LogP contribution in [0.4, 0.5) is 0 Å². The number of carbonyl (C=O) groups is 1. The molecule has 0 saturated heterocycles. The molecule has 0 aliphatic rings. The van der Waals surface area contributed by atoms with Crippen molar-refractivity contribution in [1.82, 2.24) is 10.6 Å². The number of rotatable bonds is 10.